The monoisotopic (exact) mass is 549 g/mol. The van der Waals surface area contributed by atoms with Crippen molar-refractivity contribution < 1.29 is 39.0 Å². The fourth-order valence-electron chi connectivity index (χ4n) is 5.50. The van der Waals surface area contributed by atoms with Gasteiger partial charge in [-0.15, -0.1) is 0 Å². The van der Waals surface area contributed by atoms with Gasteiger partial charge in [-0.05, 0) is 55.7 Å². The summed E-state index contributed by atoms with van der Waals surface area (Å²) in [6.07, 6.45) is 2.04. The highest BCUT2D eigenvalue weighted by Crippen LogP contribution is 2.54. The van der Waals surface area contributed by atoms with E-state index in [1.807, 2.05) is 0 Å². The zero-order valence-electron chi connectivity index (χ0n) is 17.9. The number of rotatable bonds is 4. The van der Waals surface area contributed by atoms with E-state index in [4.69, 9.17) is 20.0 Å². The third kappa shape index (κ3) is 4.39. The van der Waals surface area contributed by atoms with Crippen molar-refractivity contribution >= 4 is 44.4 Å². The Bertz CT molecular complexity index is 1320. The number of fused-ring (bicyclic) bond motifs is 2. The molecule has 1 heterocycles. The summed E-state index contributed by atoms with van der Waals surface area (Å²) in [7, 11) is -3.99. The van der Waals surface area contributed by atoms with Crippen LogP contribution in [0.2, 0.25) is 5.02 Å². The number of halogens is 4. The normalized spacial score (nSPS) is 30.1. The molecule has 1 N–H and O–H groups in total. The summed E-state index contributed by atoms with van der Waals surface area (Å²) >= 11 is 4.40. The van der Waals surface area contributed by atoms with Crippen LogP contribution in [0.25, 0.3) is 0 Å². The predicted octanol–water partition coefficient (Wildman–Crippen LogP) is 4.34. The van der Waals surface area contributed by atoms with Crippen LogP contribution in [0.4, 0.5) is 18.9 Å². The molecule has 35 heavy (non-hydrogen) atoms. The van der Waals surface area contributed by atoms with Crippen LogP contribution in [-0.2, 0) is 29.6 Å². The van der Waals surface area contributed by atoms with Gasteiger partial charge in [0.05, 0.1) is 21.8 Å². The van der Waals surface area contributed by atoms with E-state index in [1.54, 1.807) is 0 Å². The van der Waals surface area contributed by atoms with Gasteiger partial charge in [-0.25, -0.2) is 21.6 Å². The van der Waals surface area contributed by atoms with Crippen LogP contribution in [0.5, 0.6) is 0 Å². The van der Waals surface area contributed by atoms with Gasteiger partial charge >= 0.3 is 11.4 Å². The van der Waals surface area contributed by atoms with Crippen molar-refractivity contribution in [2.24, 2.45) is 11.8 Å². The molecule has 13 heteroatoms. The van der Waals surface area contributed by atoms with Gasteiger partial charge in [-0.2, -0.15) is 4.21 Å². The summed E-state index contributed by atoms with van der Waals surface area (Å²) in [5.74, 6) is -6.02. The van der Waals surface area contributed by atoms with Crippen molar-refractivity contribution in [3.8, 4) is 0 Å². The predicted molar refractivity (Wildman–Crippen MR) is 120 cm³/mol. The van der Waals surface area contributed by atoms with Crippen molar-refractivity contribution in [2.45, 2.75) is 41.4 Å². The van der Waals surface area contributed by atoms with Crippen LogP contribution in [-0.4, -0.2) is 36.0 Å². The molecule has 1 amide bonds. The van der Waals surface area contributed by atoms with Gasteiger partial charge in [-0.3, -0.25) is 13.2 Å². The first-order valence-electron chi connectivity index (χ1n) is 10.7. The molecule has 2 unspecified atom stereocenters. The maximum absolute atomic E-state index is 13.7. The van der Waals surface area contributed by atoms with Gasteiger partial charge in [0.1, 0.15) is 5.60 Å². The third-order valence-electron chi connectivity index (χ3n) is 6.87. The lowest BCUT2D eigenvalue weighted by Gasteiger charge is -2.39. The zero-order valence-corrected chi connectivity index (χ0v) is 20.3. The topological polar surface area (TPSA) is 98.8 Å². The van der Waals surface area contributed by atoms with Crippen molar-refractivity contribution in [3.63, 3.8) is 0 Å². The molecule has 188 valence electrons. The van der Waals surface area contributed by atoms with E-state index in [-0.39, 0.29) is 39.6 Å². The lowest BCUT2D eigenvalue weighted by atomic mass is 9.77. The minimum Gasteiger partial charge on any atom is -0.322 e. The maximum atomic E-state index is 13.7. The number of nitrogens with one attached hydrogen (secondary N) is 1. The molecule has 1 aliphatic heterocycles. The number of benzene rings is 2. The molecule has 2 bridgehead atoms. The van der Waals surface area contributed by atoms with Crippen molar-refractivity contribution in [2.75, 3.05) is 11.9 Å². The highest BCUT2D eigenvalue weighted by molar-refractivity contribution is 7.92. The van der Waals surface area contributed by atoms with E-state index >= 15 is 0 Å². The Morgan fingerprint density at radius 3 is 2.29 bits per heavy atom. The number of hydrogen-bond acceptors (Lipinski definition) is 6. The highest BCUT2D eigenvalue weighted by atomic mass is 35.5. The van der Waals surface area contributed by atoms with E-state index in [1.165, 1.54) is 12.1 Å². The Morgan fingerprint density at radius 1 is 1.09 bits per heavy atom. The van der Waals surface area contributed by atoms with Gasteiger partial charge in [0, 0.05) is 23.4 Å². The first kappa shape index (κ1) is 24.7. The highest BCUT2D eigenvalue weighted by Gasteiger charge is 2.58. The number of carbonyl (C=O) groups is 1. The Kier molecular flexibility index (Phi) is 6.24. The smallest absolute Gasteiger partial charge is 0.305 e. The van der Waals surface area contributed by atoms with Crippen LogP contribution in [0, 0.1) is 29.3 Å². The molecule has 0 aromatic heterocycles. The molecule has 2 aromatic carbocycles. The van der Waals surface area contributed by atoms with Crippen molar-refractivity contribution in [1.29, 1.82) is 0 Å². The lowest BCUT2D eigenvalue weighted by molar-refractivity contribution is 0.0272. The fraction of sp³-hybridized carbons (Fsp3) is 0.409. The van der Waals surface area contributed by atoms with Crippen LogP contribution in [0.3, 0.4) is 0 Å². The quantitative estimate of drug-likeness (QED) is 0.570. The molecule has 1 spiro atoms. The number of hydrogen-bond donors (Lipinski definition) is 1. The molecule has 3 aliphatic rings. The van der Waals surface area contributed by atoms with Gasteiger partial charge < -0.3 is 5.32 Å². The Labute approximate surface area is 206 Å². The van der Waals surface area contributed by atoms with Gasteiger partial charge in [0.15, 0.2) is 27.3 Å². The number of sulfone groups is 1. The summed E-state index contributed by atoms with van der Waals surface area (Å²) in [6, 6.07) is 4.88. The van der Waals surface area contributed by atoms with E-state index in [9.17, 15) is 30.6 Å². The summed E-state index contributed by atoms with van der Waals surface area (Å²) in [5.41, 5.74) is -1.22. The van der Waals surface area contributed by atoms with E-state index < -0.39 is 55.4 Å². The molecular weight excluding hydrogens is 531 g/mol. The van der Waals surface area contributed by atoms with Gasteiger partial charge in [-0.1, -0.05) is 11.6 Å². The molecule has 2 aliphatic carbocycles. The largest absolute Gasteiger partial charge is 0.322 e. The zero-order chi connectivity index (χ0) is 25.1. The summed E-state index contributed by atoms with van der Waals surface area (Å²) in [5, 5.41) is 1.40. The average Bonchev–Trinajstić information content (AvgIpc) is 3.29. The minimum atomic E-state index is -3.99. The van der Waals surface area contributed by atoms with E-state index in [0.29, 0.717) is 37.8 Å². The molecule has 3 fully saturated rings. The SMILES string of the molecule is O=C(Nc1cc(F)c(F)c(F)c1)c1ccc(Cl)c(S(=O)(=O)[C@H]2C3CC[C@H]2C[C@]2(COS(=O)O2)C3)c1. The van der Waals surface area contributed by atoms with E-state index in [0.717, 1.165) is 6.07 Å². The summed E-state index contributed by atoms with van der Waals surface area (Å²) in [6.45, 7) is 0.139. The lowest BCUT2D eigenvalue weighted by Crippen LogP contribution is -2.47. The molecule has 7 nitrogen and oxygen atoms in total. The summed E-state index contributed by atoms with van der Waals surface area (Å²) < 4.78 is 89.8. The maximum Gasteiger partial charge on any atom is 0.305 e. The molecule has 5 atom stereocenters. The standard InChI is InChI=1S/C22H19ClF3NO6S2/c23-15-4-3-11(21(28)27-14-6-16(24)19(26)17(25)7-14)5-18(15)35(30,31)20-12-1-2-13(20)9-22(8-12)10-32-34(29)33-22/h3-7,12-13,20H,1-2,8-10H2,(H,27,28)/t12-,13?,20+,22+,34?/m0/s1. The summed E-state index contributed by atoms with van der Waals surface area (Å²) in [4.78, 5) is 12.5. The van der Waals surface area contributed by atoms with E-state index in [2.05, 4.69) is 5.32 Å². The Morgan fingerprint density at radius 2 is 1.71 bits per heavy atom. The van der Waals surface area contributed by atoms with Crippen LogP contribution < -0.4 is 5.32 Å². The van der Waals surface area contributed by atoms with Crippen LogP contribution in [0.1, 0.15) is 36.0 Å². The minimum absolute atomic E-state index is 0.0679. The number of anilines is 1. The van der Waals surface area contributed by atoms with Gasteiger partial charge in [0.2, 0.25) is 0 Å². The first-order valence-corrected chi connectivity index (χ1v) is 13.7. The Hall–Kier alpha value is -1.99. The van der Waals surface area contributed by atoms with Crippen LogP contribution in [0.15, 0.2) is 35.2 Å². The molecule has 0 radical (unpaired) electrons. The first-order chi connectivity index (χ1) is 16.5. The molecule has 2 aromatic rings. The van der Waals surface area contributed by atoms with Gasteiger partial charge in [0.25, 0.3) is 5.91 Å². The number of amides is 1. The van der Waals surface area contributed by atoms with Crippen LogP contribution >= 0.6 is 11.6 Å². The molecule has 2 saturated carbocycles. The number of carbonyl (C=O) groups excluding carboxylic acids is 1. The molecular formula is C22H19ClF3NO6S2. The second-order valence-corrected chi connectivity index (χ2v) is 12.4. The molecule has 5 rings (SSSR count). The third-order valence-corrected chi connectivity index (χ3v) is 10.5. The Balaban J connectivity index is 1.41. The average molecular weight is 550 g/mol. The fourth-order valence-corrected chi connectivity index (χ4v) is 9.17. The second kappa shape index (κ2) is 8.84. The van der Waals surface area contributed by atoms with Crippen molar-refractivity contribution in [1.82, 2.24) is 0 Å². The van der Waals surface area contributed by atoms with Crippen molar-refractivity contribution in [3.05, 3.63) is 58.4 Å². The molecule has 1 saturated heterocycles. The second-order valence-electron chi connectivity index (χ2n) is 9.10.